The number of methoxy groups -OCH3 is 3. The zero-order chi connectivity index (χ0) is 19.7. The van der Waals surface area contributed by atoms with E-state index in [1.165, 1.54) is 21.3 Å². The fraction of sp³-hybridized carbons (Fsp3) is 0.136. The molecule has 0 spiro atoms. The average molecular weight is 377 g/mol. The van der Waals surface area contributed by atoms with Gasteiger partial charge in [-0.1, -0.05) is 12.1 Å². The Balaban J connectivity index is 1.77. The van der Waals surface area contributed by atoms with Crippen molar-refractivity contribution in [2.75, 3.05) is 21.3 Å². The number of carbonyl (C=O) groups is 1. The molecule has 0 atom stereocenters. The van der Waals surface area contributed by atoms with Crippen LogP contribution in [0.3, 0.4) is 0 Å². The van der Waals surface area contributed by atoms with Crippen LogP contribution in [0, 0.1) is 0 Å². The van der Waals surface area contributed by atoms with E-state index >= 15 is 0 Å². The van der Waals surface area contributed by atoms with Gasteiger partial charge >= 0.3 is 0 Å². The highest BCUT2D eigenvalue weighted by Crippen LogP contribution is 2.39. The van der Waals surface area contributed by atoms with E-state index in [0.717, 1.165) is 22.2 Å². The zero-order valence-corrected chi connectivity index (χ0v) is 15.7. The van der Waals surface area contributed by atoms with Crippen molar-refractivity contribution in [1.29, 1.82) is 0 Å². The predicted octanol–water partition coefficient (Wildman–Crippen LogP) is 4.68. The second-order valence-electron chi connectivity index (χ2n) is 6.18. The van der Waals surface area contributed by atoms with Crippen molar-refractivity contribution in [2.24, 2.45) is 0 Å². The van der Waals surface area contributed by atoms with E-state index in [1.54, 1.807) is 24.6 Å². The number of aromatic amines is 1. The van der Waals surface area contributed by atoms with E-state index in [0.29, 0.717) is 28.4 Å². The highest BCUT2D eigenvalue weighted by molar-refractivity contribution is 6.17. The lowest BCUT2D eigenvalue weighted by Gasteiger charge is -2.13. The second kappa shape index (κ2) is 7.15. The molecule has 0 amide bonds. The van der Waals surface area contributed by atoms with Gasteiger partial charge in [0.1, 0.15) is 5.76 Å². The summed E-state index contributed by atoms with van der Waals surface area (Å²) in [6.45, 7) is 0. The summed E-state index contributed by atoms with van der Waals surface area (Å²) < 4.78 is 21.5. The number of H-pyrrole nitrogens is 1. The van der Waals surface area contributed by atoms with Crippen LogP contribution in [0.5, 0.6) is 17.2 Å². The largest absolute Gasteiger partial charge is 0.493 e. The molecule has 0 saturated heterocycles. The smallest absolute Gasteiger partial charge is 0.203 e. The predicted molar refractivity (Wildman–Crippen MR) is 106 cm³/mol. The number of nitrogens with one attached hydrogen (secondary N) is 1. The minimum atomic E-state index is -0.142. The quantitative estimate of drug-likeness (QED) is 0.494. The Morgan fingerprint density at radius 1 is 0.964 bits per heavy atom. The van der Waals surface area contributed by atoms with Gasteiger partial charge in [0.2, 0.25) is 5.75 Å². The van der Waals surface area contributed by atoms with Gasteiger partial charge in [-0.05, 0) is 30.3 Å². The summed E-state index contributed by atoms with van der Waals surface area (Å²) in [5.74, 6) is 1.95. The van der Waals surface area contributed by atoms with Crippen LogP contribution in [0.25, 0.3) is 22.2 Å². The highest BCUT2D eigenvalue weighted by atomic mass is 16.5. The Bertz CT molecular complexity index is 1120. The van der Waals surface area contributed by atoms with E-state index in [-0.39, 0.29) is 5.78 Å². The number of hydrogen-bond donors (Lipinski definition) is 1. The van der Waals surface area contributed by atoms with Gasteiger partial charge < -0.3 is 23.6 Å². The molecule has 2 heterocycles. The lowest BCUT2D eigenvalue weighted by atomic mass is 10.0. The number of benzene rings is 2. The first-order valence-electron chi connectivity index (χ1n) is 8.66. The fourth-order valence-corrected chi connectivity index (χ4v) is 3.28. The van der Waals surface area contributed by atoms with Crippen LogP contribution in [0.1, 0.15) is 15.9 Å². The number of aromatic nitrogens is 1. The molecule has 142 valence electrons. The number of fused-ring (bicyclic) bond motifs is 1. The summed E-state index contributed by atoms with van der Waals surface area (Å²) >= 11 is 0. The normalized spacial score (nSPS) is 10.8. The first-order chi connectivity index (χ1) is 13.7. The molecule has 0 radical (unpaired) electrons. The number of ketones is 1. The maximum Gasteiger partial charge on any atom is 0.203 e. The Labute approximate surface area is 161 Å². The van der Waals surface area contributed by atoms with E-state index in [1.807, 2.05) is 30.3 Å². The maximum absolute atomic E-state index is 13.2. The Morgan fingerprint density at radius 2 is 1.71 bits per heavy atom. The number of hydrogen-bond acceptors (Lipinski definition) is 5. The van der Waals surface area contributed by atoms with Gasteiger partial charge in [-0.2, -0.15) is 0 Å². The molecule has 0 saturated carbocycles. The fourth-order valence-electron chi connectivity index (χ4n) is 3.28. The van der Waals surface area contributed by atoms with Crippen LogP contribution in [-0.2, 0) is 0 Å². The summed E-state index contributed by atoms with van der Waals surface area (Å²) in [6.07, 6.45) is 3.34. The minimum absolute atomic E-state index is 0.142. The summed E-state index contributed by atoms with van der Waals surface area (Å²) in [5.41, 5.74) is 2.80. The van der Waals surface area contributed by atoms with Gasteiger partial charge in [-0.3, -0.25) is 4.79 Å². The molecule has 2 aromatic carbocycles. The molecule has 6 heteroatoms. The number of carbonyl (C=O) groups excluding carboxylic acids is 1. The molecule has 4 aromatic rings. The molecule has 1 N–H and O–H groups in total. The molecule has 0 aliphatic carbocycles. The Hall–Kier alpha value is -3.67. The topological polar surface area (TPSA) is 73.7 Å². The summed E-state index contributed by atoms with van der Waals surface area (Å²) in [4.78, 5) is 16.4. The van der Waals surface area contributed by atoms with Crippen LogP contribution in [0.2, 0.25) is 0 Å². The third-order valence-electron chi connectivity index (χ3n) is 4.66. The molecule has 4 rings (SSSR count). The number of rotatable bonds is 6. The van der Waals surface area contributed by atoms with Crippen molar-refractivity contribution in [3.63, 3.8) is 0 Å². The molecule has 0 fully saturated rings. The number of furan rings is 1. The maximum atomic E-state index is 13.2. The lowest BCUT2D eigenvalue weighted by Crippen LogP contribution is -2.03. The first kappa shape index (κ1) is 17.7. The average Bonchev–Trinajstić information content (AvgIpc) is 3.41. The Kier molecular flexibility index (Phi) is 4.53. The Morgan fingerprint density at radius 3 is 2.32 bits per heavy atom. The molecular formula is C22H19NO5. The molecule has 6 nitrogen and oxygen atoms in total. The van der Waals surface area contributed by atoms with Crippen LogP contribution >= 0.6 is 0 Å². The molecule has 0 aliphatic heterocycles. The van der Waals surface area contributed by atoms with E-state index in [4.69, 9.17) is 18.6 Å². The molecular weight excluding hydrogens is 358 g/mol. The van der Waals surface area contributed by atoms with Crippen molar-refractivity contribution in [3.05, 3.63) is 66.1 Å². The molecule has 28 heavy (non-hydrogen) atoms. The molecule has 0 bridgehead atoms. The molecule has 0 unspecified atom stereocenters. The standard InChI is InChI=1S/C22H19NO5/c1-25-19-10-14(11-20(26-2)22(19)27-3)21(24)16-12-23-17-9-13(6-7-15(16)17)18-5-4-8-28-18/h4-12,23H,1-3H3. The zero-order valence-electron chi connectivity index (χ0n) is 15.7. The van der Waals surface area contributed by atoms with Crippen molar-refractivity contribution in [2.45, 2.75) is 0 Å². The van der Waals surface area contributed by atoms with E-state index in [9.17, 15) is 4.79 Å². The van der Waals surface area contributed by atoms with Gasteiger partial charge in [0.25, 0.3) is 0 Å². The van der Waals surface area contributed by atoms with Crippen molar-refractivity contribution < 1.29 is 23.4 Å². The summed E-state index contributed by atoms with van der Waals surface area (Å²) in [7, 11) is 4.57. The third-order valence-corrected chi connectivity index (χ3v) is 4.66. The molecule has 2 aromatic heterocycles. The van der Waals surface area contributed by atoms with E-state index < -0.39 is 0 Å². The van der Waals surface area contributed by atoms with Gasteiger partial charge in [0.15, 0.2) is 17.3 Å². The second-order valence-corrected chi connectivity index (χ2v) is 6.18. The monoisotopic (exact) mass is 377 g/mol. The van der Waals surface area contributed by atoms with Gasteiger partial charge in [0.05, 0.1) is 27.6 Å². The number of ether oxygens (including phenoxy) is 3. The van der Waals surface area contributed by atoms with Crippen LogP contribution in [-0.4, -0.2) is 32.1 Å². The first-order valence-corrected chi connectivity index (χ1v) is 8.66. The molecule has 0 aliphatic rings. The van der Waals surface area contributed by atoms with Gasteiger partial charge in [-0.25, -0.2) is 0 Å². The van der Waals surface area contributed by atoms with Crippen molar-refractivity contribution in [1.82, 2.24) is 4.98 Å². The van der Waals surface area contributed by atoms with Gasteiger partial charge in [-0.15, -0.1) is 0 Å². The van der Waals surface area contributed by atoms with Crippen molar-refractivity contribution in [3.8, 4) is 28.6 Å². The highest BCUT2D eigenvalue weighted by Gasteiger charge is 2.20. The van der Waals surface area contributed by atoms with E-state index in [2.05, 4.69) is 4.98 Å². The van der Waals surface area contributed by atoms with Crippen molar-refractivity contribution >= 4 is 16.7 Å². The third kappa shape index (κ3) is 2.89. The van der Waals surface area contributed by atoms with Gasteiger partial charge in [0, 0.05) is 33.8 Å². The minimum Gasteiger partial charge on any atom is -0.493 e. The van der Waals surface area contributed by atoms with Crippen LogP contribution in [0.4, 0.5) is 0 Å². The summed E-state index contributed by atoms with van der Waals surface area (Å²) in [6, 6.07) is 12.8. The lowest BCUT2D eigenvalue weighted by molar-refractivity contribution is 0.103. The van der Waals surface area contributed by atoms with Crippen LogP contribution in [0.15, 0.2) is 59.3 Å². The SMILES string of the molecule is COc1cc(C(=O)c2c[nH]c3cc(-c4ccco4)ccc23)cc(OC)c1OC. The van der Waals surface area contributed by atoms with Crippen LogP contribution < -0.4 is 14.2 Å². The summed E-state index contributed by atoms with van der Waals surface area (Å²) in [5, 5.41) is 0.828.